The van der Waals surface area contributed by atoms with Gasteiger partial charge in [-0.1, -0.05) is 12.1 Å². The monoisotopic (exact) mass is 452 g/mol. The molecule has 5 aromatic rings. The van der Waals surface area contributed by atoms with Gasteiger partial charge in [-0.05, 0) is 85.5 Å². The lowest BCUT2D eigenvalue weighted by Crippen LogP contribution is -2.14. The second-order valence-corrected chi connectivity index (χ2v) is 8.82. The number of aromatic nitrogens is 7. The number of nitrogens with one attached hydrogen (secondary N) is 1. The third-order valence-corrected chi connectivity index (χ3v) is 6.43. The van der Waals surface area contributed by atoms with Gasteiger partial charge < -0.3 is 5.32 Å². The molecule has 1 aliphatic carbocycles. The molecule has 0 aliphatic heterocycles. The topological polar surface area (TPSA) is 103 Å². The highest BCUT2D eigenvalue weighted by atomic mass is 16.1. The maximum Gasteiger partial charge on any atom is 0.224 e. The summed E-state index contributed by atoms with van der Waals surface area (Å²) in [5.74, 6) is 0.723. The molecule has 0 spiro atoms. The van der Waals surface area contributed by atoms with E-state index in [1.165, 1.54) is 0 Å². The second-order valence-electron chi connectivity index (χ2n) is 8.82. The summed E-state index contributed by atoms with van der Waals surface area (Å²) in [6.07, 6.45) is 3.18. The van der Waals surface area contributed by atoms with Crippen LogP contribution >= 0.6 is 0 Å². The zero-order valence-electron chi connectivity index (χ0n) is 19.1. The molecule has 0 saturated heterocycles. The molecule has 6 rings (SSSR count). The molecule has 9 heteroatoms. The number of hydrogen-bond donors (Lipinski definition) is 1. The lowest BCUT2D eigenvalue weighted by atomic mass is 10.1. The molecule has 3 aromatic heterocycles. The highest BCUT2D eigenvalue weighted by Gasteiger charge is 2.28. The van der Waals surface area contributed by atoms with E-state index >= 15 is 0 Å². The molecular weight excluding hydrogens is 428 g/mol. The Kier molecular flexibility index (Phi) is 4.83. The van der Waals surface area contributed by atoms with Gasteiger partial charge in [-0.15, -0.1) is 5.10 Å². The van der Waals surface area contributed by atoms with Crippen molar-refractivity contribution >= 4 is 28.1 Å². The lowest BCUT2D eigenvalue weighted by molar-refractivity contribution is -0.116. The molecule has 0 atom stereocenters. The molecule has 1 N–H and O–H groups in total. The Morgan fingerprint density at radius 1 is 1.09 bits per heavy atom. The zero-order chi connectivity index (χ0) is 23.2. The average molecular weight is 453 g/mol. The van der Waals surface area contributed by atoms with Crippen LogP contribution in [0.3, 0.4) is 0 Å². The number of carbonyl (C=O) groups excluding carboxylic acids is 1. The molecule has 34 heavy (non-hydrogen) atoms. The first-order valence-electron chi connectivity index (χ1n) is 11.5. The van der Waals surface area contributed by atoms with Crippen molar-refractivity contribution < 1.29 is 4.79 Å². The number of amides is 1. The molecule has 1 aliphatic rings. The summed E-state index contributed by atoms with van der Waals surface area (Å²) < 4.78 is 3.77. The number of benzene rings is 2. The average Bonchev–Trinajstić information content (AvgIpc) is 3.45. The van der Waals surface area contributed by atoms with E-state index in [4.69, 9.17) is 10.1 Å². The minimum absolute atomic E-state index is 0.0416. The van der Waals surface area contributed by atoms with Crippen molar-refractivity contribution in [1.29, 1.82) is 0 Å². The lowest BCUT2D eigenvalue weighted by Gasteiger charge is -2.11. The molecule has 0 unspecified atom stereocenters. The Labute approximate surface area is 195 Å². The fourth-order valence-electron chi connectivity index (χ4n) is 4.45. The molecule has 170 valence electrons. The van der Waals surface area contributed by atoms with Gasteiger partial charge >= 0.3 is 0 Å². The van der Waals surface area contributed by atoms with Crippen molar-refractivity contribution in [2.75, 3.05) is 5.32 Å². The number of nitrogens with zero attached hydrogens (tertiary/aromatic N) is 7. The van der Waals surface area contributed by atoms with E-state index in [-0.39, 0.29) is 5.91 Å². The third-order valence-electron chi connectivity index (χ3n) is 6.43. The molecule has 3 heterocycles. The van der Waals surface area contributed by atoms with Gasteiger partial charge in [-0.3, -0.25) is 4.79 Å². The first-order valence-corrected chi connectivity index (χ1v) is 11.5. The highest BCUT2D eigenvalue weighted by molar-refractivity contribution is 5.92. The summed E-state index contributed by atoms with van der Waals surface area (Å²) in [7, 11) is 0. The predicted octanol–water partition coefficient (Wildman–Crippen LogP) is 4.06. The second kappa shape index (κ2) is 8.02. The van der Waals surface area contributed by atoms with Crippen molar-refractivity contribution in [2.45, 2.75) is 45.6 Å². The Hall–Kier alpha value is -4.14. The number of rotatable bonds is 6. The summed E-state index contributed by atoms with van der Waals surface area (Å²) in [6, 6.07) is 16.1. The van der Waals surface area contributed by atoms with Gasteiger partial charge in [0.15, 0.2) is 11.5 Å². The van der Waals surface area contributed by atoms with E-state index in [2.05, 4.69) is 20.8 Å². The van der Waals surface area contributed by atoms with Crippen LogP contribution in [0, 0.1) is 13.8 Å². The standard InChI is InChI=1S/C25H24N8O/c1-15-20(16(2)32-25(26-15)21-5-3-4-6-22(21)29-32)13-14-23(34)27-18-9-7-17(8-10-18)24-28-30-31-33(24)19-11-12-19/h3-10,19H,11-14H2,1-2H3,(H,27,34). The zero-order valence-corrected chi connectivity index (χ0v) is 19.1. The molecule has 1 saturated carbocycles. The Balaban J connectivity index is 1.16. The highest BCUT2D eigenvalue weighted by Crippen LogP contribution is 2.36. The molecular formula is C25H24N8O. The minimum atomic E-state index is -0.0416. The fraction of sp³-hybridized carbons (Fsp3) is 0.280. The molecule has 0 radical (unpaired) electrons. The predicted molar refractivity (Wildman–Crippen MR) is 128 cm³/mol. The first kappa shape index (κ1) is 20.5. The van der Waals surface area contributed by atoms with Crippen LogP contribution in [-0.2, 0) is 11.2 Å². The van der Waals surface area contributed by atoms with Gasteiger partial charge in [0.25, 0.3) is 0 Å². The van der Waals surface area contributed by atoms with E-state index in [9.17, 15) is 4.79 Å². The van der Waals surface area contributed by atoms with Gasteiger partial charge in [0, 0.05) is 34.4 Å². The first-order chi connectivity index (χ1) is 16.6. The minimum Gasteiger partial charge on any atom is -0.326 e. The van der Waals surface area contributed by atoms with Crippen molar-refractivity contribution in [3.63, 3.8) is 0 Å². The quantitative estimate of drug-likeness (QED) is 0.417. The van der Waals surface area contributed by atoms with E-state index in [0.29, 0.717) is 18.9 Å². The number of hydrogen-bond acceptors (Lipinski definition) is 6. The van der Waals surface area contributed by atoms with Crippen LogP contribution in [-0.4, -0.2) is 40.7 Å². The molecule has 2 aromatic carbocycles. The summed E-state index contributed by atoms with van der Waals surface area (Å²) in [5.41, 5.74) is 6.46. The maximum absolute atomic E-state index is 12.7. The van der Waals surface area contributed by atoms with Gasteiger partial charge in [-0.2, -0.15) is 5.10 Å². The van der Waals surface area contributed by atoms with Crippen molar-refractivity contribution in [3.05, 3.63) is 65.5 Å². The van der Waals surface area contributed by atoms with Crippen molar-refractivity contribution in [1.82, 2.24) is 34.8 Å². The Bertz CT molecular complexity index is 1530. The summed E-state index contributed by atoms with van der Waals surface area (Å²) in [5, 5.41) is 20.8. The third kappa shape index (κ3) is 3.59. The maximum atomic E-state index is 12.7. The Morgan fingerprint density at radius 3 is 2.68 bits per heavy atom. The van der Waals surface area contributed by atoms with E-state index in [1.807, 2.05) is 71.6 Å². The number of anilines is 1. The van der Waals surface area contributed by atoms with E-state index in [1.54, 1.807) is 0 Å². The number of aryl methyl sites for hydroxylation is 2. The van der Waals surface area contributed by atoms with Crippen LogP contribution in [0.25, 0.3) is 27.9 Å². The van der Waals surface area contributed by atoms with Crippen LogP contribution in [0.1, 0.15) is 42.3 Å². The van der Waals surface area contributed by atoms with Crippen molar-refractivity contribution in [2.24, 2.45) is 0 Å². The SMILES string of the molecule is Cc1nc2c3ccccc3nn2c(C)c1CCC(=O)Nc1ccc(-c2nnnn2C2CC2)cc1. The largest absolute Gasteiger partial charge is 0.326 e. The number of carbonyl (C=O) groups is 1. The Morgan fingerprint density at radius 2 is 1.88 bits per heavy atom. The summed E-state index contributed by atoms with van der Waals surface area (Å²) in [4.78, 5) is 17.5. The summed E-state index contributed by atoms with van der Waals surface area (Å²) in [6.45, 7) is 4.03. The molecule has 0 bridgehead atoms. The van der Waals surface area contributed by atoms with Crippen LogP contribution in [0.2, 0.25) is 0 Å². The number of fused-ring (bicyclic) bond motifs is 3. The smallest absolute Gasteiger partial charge is 0.224 e. The van der Waals surface area contributed by atoms with E-state index in [0.717, 1.165) is 63.4 Å². The molecule has 1 amide bonds. The van der Waals surface area contributed by atoms with Crippen LogP contribution < -0.4 is 5.32 Å². The summed E-state index contributed by atoms with van der Waals surface area (Å²) >= 11 is 0. The number of tetrazole rings is 1. The van der Waals surface area contributed by atoms with Crippen LogP contribution in [0.4, 0.5) is 5.69 Å². The fourth-order valence-corrected chi connectivity index (χ4v) is 4.45. The van der Waals surface area contributed by atoms with E-state index < -0.39 is 0 Å². The molecule has 9 nitrogen and oxygen atoms in total. The van der Waals surface area contributed by atoms with Gasteiger partial charge in [0.2, 0.25) is 5.91 Å². The van der Waals surface area contributed by atoms with Crippen molar-refractivity contribution in [3.8, 4) is 11.4 Å². The van der Waals surface area contributed by atoms with Crippen LogP contribution in [0.5, 0.6) is 0 Å². The molecule has 1 fully saturated rings. The van der Waals surface area contributed by atoms with Crippen LogP contribution in [0.15, 0.2) is 48.5 Å². The normalized spacial score (nSPS) is 13.6. The van der Waals surface area contributed by atoms with Gasteiger partial charge in [-0.25, -0.2) is 14.2 Å². The van der Waals surface area contributed by atoms with Gasteiger partial charge in [0.1, 0.15) is 0 Å². The van der Waals surface area contributed by atoms with Gasteiger partial charge in [0.05, 0.1) is 11.6 Å².